The van der Waals surface area contributed by atoms with Crippen molar-refractivity contribution in [3.63, 3.8) is 0 Å². The van der Waals surface area contributed by atoms with Crippen LogP contribution in [0.25, 0.3) is 11.1 Å². The average Bonchev–Trinajstić information content (AvgIpc) is 3.44. The third-order valence-electron chi connectivity index (χ3n) is 5.02. The van der Waals surface area contributed by atoms with E-state index in [0.29, 0.717) is 18.8 Å². The number of aromatic nitrogens is 1. The van der Waals surface area contributed by atoms with Crippen LogP contribution in [0.1, 0.15) is 17.4 Å². The standard InChI is InChI=1S/C21H18N2O4S/c1-21(20(24)23-11-14-3-2-8-28-14)10-16-15(6-7-22-19(16)27-21)13-4-5-17-18(9-13)26-12-25-17/h2-9H,10-12H2,1H3,(H,23,24). The first kappa shape index (κ1) is 17.1. The van der Waals surface area contributed by atoms with Crippen molar-refractivity contribution in [2.75, 3.05) is 6.79 Å². The zero-order valence-electron chi connectivity index (χ0n) is 15.2. The van der Waals surface area contributed by atoms with Crippen LogP contribution in [-0.2, 0) is 17.8 Å². The maximum atomic E-state index is 12.8. The molecule has 7 heteroatoms. The molecule has 0 bridgehead atoms. The quantitative estimate of drug-likeness (QED) is 0.733. The van der Waals surface area contributed by atoms with Gasteiger partial charge in [0.15, 0.2) is 17.1 Å². The minimum absolute atomic E-state index is 0.143. The molecule has 0 radical (unpaired) electrons. The molecule has 3 aromatic rings. The summed E-state index contributed by atoms with van der Waals surface area (Å²) in [5.41, 5.74) is 1.90. The van der Waals surface area contributed by atoms with Crippen LogP contribution in [0.3, 0.4) is 0 Å². The van der Waals surface area contributed by atoms with Crippen molar-refractivity contribution in [1.29, 1.82) is 0 Å². The van der Waals surface area contributed by atoms with Crippen molar-refractivity contribution in [3.05, 3.63) is 58.4 Å². The van der Waals surface area contributed by atoms with Gasteiger partial charge in [-0.15, -0.1) is 11.3 Å². The van der Waals surface area contributed by atoms with Crippen LogP contribution < -0.4 is 19.5 Å². The normalized spacial score (nSPS) is 19.2. The molecule has 0 saturated heterocycles. The summed E-state index contributed by atoms with van der Waals surface area (Å²) < 4.78 is 16.9. The number of nitrogens with zero attached hydrogens (tertiary/aromatic N) is 1. The molecule has 1 unspecified atom stereocenters. The number of nitrogens with one attached hydrogen (secondary N) is 1. The molecule has 1 atom stereocenters. The first-order valence-corrected chi connectivity index (χ1v) is 9.88. The fourth-order valence-electron chi connectivity index (χ4n) is 3.55. The third kappa shape index (κ3) is 2.88. The molecule has 2 aliphatic heterocycles. The second-order valence-corrected chi connectivity index (χ2v) is 8.01. The van der Waals surface area contributed by atoms with Crippen LogP contribution >= 0.6 is 11.3 Å². The largest absolute Gasteiger partial charge is 0.461 e. The lowest BCUT2D eigenvalue weighted by molar-refractivity contribution is -0.134. The van der Waals surface area contributed by atoms with Crippen LogP contribution in [0, 0.1) is 0 Å². The van der Waals surface area contributed by atoms with Gasteiger partial charge in [-0.3, -0.25) is 4.79 Å². The monoisotopic (exact) mass is 394 g/mol. The lowest BCUT2D eigenvalue weighted by Gasteiger charge is -2.22. The Bertz CT molecular complexity index is 1050. The van der Waals surface area contributed by atoms with Gasteiger partial charge in [0.1, 0.15) is 0 Å². The Balaban J connectivity index is 1.40. The number of thiophene rings is 1. The molecule has 142 valence electrons. The molecule has 0 spiro atoms. The Morgan fingerprint density at radius 3 is 3.00 bits per heavy atom. The second-order valence-electron chi connectivity index (χ2n) is 6.98. The predicted octanol–water partition coefficient (Wildman–Crippen LogP) is 3.55. The summed E-state index contributed by atoms with van der Waals surface area (Å²) in [7, 11) is 0. The number of benzene rings is 1. The smallest absolute Gasteiger partial charge is 0.264 e. The summed E-state index contributed by atoms with van der Waals surface area (Å²) in [5, 5.41) is 4.97. The molecule has 0 aliphatic carbocycles. The number of rotatable bonds is 4. The number of hydrogen-bond acceptors (Lipinski definition) is 6. The zero-order valence-corrected chi connectivity index (χ0v) is 16.0. The minimum atomic E-state index is -0.987. The average molecular weight is 394 g/mol. The highest BCUT2D eigenvalue weighted by molar-refractivity contribution is 7.09. The van der Waals surface area contributed by atoms with Gasteiger partial charge < -0.3 is 19.5 Å². The van der Waals surface area contributed by atoms with Gasteiger partial charge >= 0.3 is 0 Å². The van der Waals surface area contributed by atoms with Gasteiger partial charge in [-0.1, -0.05) is 12.1 Å². The van der Waals surface area contributed by atoms with E-state index < -0.39 is 5.60 Å². The van der Waals surface area contributed by atoms with Crippen molar-refractivity contribution < 1.29 is 19.0 Å². The van der Waals surface area contributed by atoms with Crippen LogP contribution in [0.15, 0.2) is 48.0 Å². The number of amides is 1. The van der Waals surface area contributed by atoms with E-state index in [9.17, 15) is 4.79 Å². The maximum absolute atomic E-state index is 12.8. The topological polar surface area (TPSA) is 69.7 Å². The fraction of sp³-hybridized carbons (Fsp3) is 0.238. The van der Waals surface area contributed by atoms with E-state index in [4.69, 9.17) is 14.2 Å². The Hall–Kier alpha value is -3.06. The van der Waals surface area contributed by atoms with Gasteiger partial charge in [0, 0.05) is 23.1 Å². The van der Waals surface area contributed by atoms with E-state index in [1.165, 1.54) is 0 Å². The molecule has 1 amide bonds. The van der Waals surface area contributed by atoms with Crippen molar-refractivity contribution in [2.45, 2.75) is 25.5 Å². The minimum Gasteiger partial charge on any atom is -0.461 e. The first-order chi connectivity index (χ1) is 13.6. The molecule has 6 nitrogen and oxygen atoms in total. The lowest BCUT2D eigenvalue weighted by atomic mass is 9.93. The summed E-state index contributed by atoms with van der Waals surface area (Å²) >= 11 is 1.61. The van der Waals surface area contributed by atoms with Crippen LogP contribution in [0.4, 0.5) is 0 Å². The summed E-state index contributed by atoms with van der Waals surface area (Å²) in [6.07, 6.45) is 2.16. The molecule has 2 aromatic heterocycles. The summed E-state index contributed by atoms with van der Waals surface area (Å²) in [4.78, 5) is 18.3. The SMILES string of the molecule is CC1(C(=O)NCc2cccs2)Cc2c(-c3ccc4c(c3)OCO4)ccnc2O1. The highest BCUT2D eigenvalue weighted by Crippen LogP contribution is 2.42. The molecule has 0 saturated carbocycles. The van der Waals surface area contributed by atoms with Gasteiger partial charge in [-0.2, -0.15) is 0 Å². The molecule has 1 aromatic carbocycles. The van der Waals surface area contributed by atoms with Gasteiger partial charge in [-0.05, 0) is 47.7 Å². The van der Waals surface area contributed by atoms with Crippen molar-refractivity contribution in [1.82, 2.24) is 10.3 Å². The molecular formula is C21H18N2O4S. The number of hydrogen-bond donors (Lipinski definition) is 1. The molecule has 1 N–H and O–H groups in total. The van der Waals surface area contributed by atoms with Crippen molar-refractivity contribution in [3.8, 4) is 28.5 Å². The van der Waals surface area contributed by atoms with Gasteiger partial charge in [-0.25, -0.2) is 4.98 Å². The highest BCUT2D eigenvalue weighted by Gasteiger charge is 2.43. The molecule has 28 heavy (non-hydrogen) atoms. The number of fused-ring (bicyclic) bond motifs is 2. The van der Waals surface area contributed by atoms with Crippen LogP contribution in [0.2, 0.25) is 0 Å². The Kier molecular flexibility index (Phi) is 3.98. The Morgan fingerprint density at radius 1 is 1.25 bits per heavy atom. The van der Waals surface area contributed by atoms with E-state index in [2.05, 4.69) is 10.3 Å². The van der Waals surface area contributed by atoms with Crippen LogP contribution in [0.5, 0.6) is 17.4 Å². The molecule has 0 fully saturated rings. The van der Waals surface area contributed by atoms with Gasteiger partial charge in [0.25, 0.3) is 5.91 Å². The van der Waals surface area contributed by atoms with Crippen molar-refractivity contribution in [2.24, 2.45) is 0 Å². The van der Waals surface area contributed by atoms with E-state index in [1.54, 1.807) is 17.5 Å². The maximum Gasteiger partial charge on any atom is 0.264 e. The number of ether oxygens (including phenoxy) is 3. The number of carbonyl (C=O) groups excluding carboxylic acids is 1. The zero-order chi connectivity index (χ0) is 19.1. The summed E-state index contributed by atoms with van der Waals surface area (Å²) in [6, 6.07) is 11.7. The molecule has 2 aliphatic rings. The number of carbonyl (C=O) groups is 1. The Labute approximate surface area is 166 Å². The first-order valence-electron chi connectivity index (χ1n) is 9.00. The summed E-state index contributed by atoms with van der Waals surface area (Å²) in [6.45, 7) is 2.54. The third-order valence-corrected chi connectivity index (χ3v) is 5.90. The fourth-order valence-corrected chi connectivity index (χ4v) is 4.19. The second kappa shape index (κ2) is 6.53. The summed E-state index contributed by atoms with van der Waals surface area (Å²) in [5.74, 6) is 1.82. The Morgan fingerprint density at radius 2 is 2.14 bits per heavy atom. The molecular weight excluding hydrogens is 376 g/mol. The number of pyridine rings is 1. The van der Waals surface area contributed by atoms with Gasteiger partial charge in [0.2, 0.25) is 12.7 Å². The van der Waals surface area contributed by atoms with E-state index in [1.807, 2.05) is 48.7 Å². The molecule has 4 heterocycles. The van der Waals surface area contributed by atoms with E-state index in [0.717, 1.165) is 33.1 Å². The van der Waals surface area contributed by atoms with Crippen LogP contribution in [-0.4, -0.2) is 23.3 Å². The molecule has 5 rings (SSSR count). The van der Waals surface area contributed by atoms with E-state index in [-0.39, 0.29) is 12.7 Å². The lowest BCUT2D eigenvalue weighted by Crippen LogP contribution is -2.47. The van der Waals surface area contributed by atoms with Crippen molar-refractivity contribution >= 4 is 17.2 Å². The van der Waals surface area contributed by atoms with E-state index >= 15 is 0 Å². The van der Waals surface area contributed by atoms with Gasteiger partial charge in [0.05, 0.1) is 6.54 Å². The predicted molar refractivity (Wildman–Crippen MR) is 105 cm³/mol. The highest BCUT2D eigenvalue weighted by atomic mass is 32.1.